The molecule has 0 fully saturated rings. The predicted molar refractivity (Wildman–Crippen MR) is 87.1 cm³/mol. The molecule has 116 valence electrons. The van der Waals surface area contributed by atoms with E-state index in [1.807, 2.05) is 0 Å². The maximum atomic E-state index is 12.8. The number of hydrogen-bond donors (Lipinski definition) is 0. The molecule has 0 saturated carbocycles. The van der Waals surface area contributed by atoms with Crippen LogP contribution in [0.5, 0.6) is 0 Å². The van der Waals surface area contributed by atoms with Crippen LogP contribution in [-0.2, 0) is 19.4 Å². The second kappa shape index (κ2) is 7.07. The fraction of sp³-hybridized carbons (Fsp3) is 0.188. The van der Waals surface area contributed by atoms with E-state index in [1.165, 1.54) is 12.1 Å². The summed E-state index contributed by atoms with van der Waals surface area (Å²) in [4.78, 5) is 12.3. The zero-order valence-corrected chi connectivity index (χ0v) is 14.3. The molecule has 0 bridgehead atoms. The molecule has 2 rings (SSSR count). The van der Waals surface area contributed by atoms with Crippen LogP contribution < -0.4 is 0 Å². The SMILES string of the molecule is CCOC(=O)[C@@H](c1ccc(Br)cc1)S(=O)(=O)c1ccccc1. The van der Waals surface area contributed by atoms with E-state index in [1.54, 1.807) is 49.4 Å². The molecule has 6 heteroatoms. The van der Waals surface area contributed by atoms with Gasteiger partial charge in [0.05, 0.1) is 11.5 Å². The molecule has 4 nitrogen and oxygen atoms in total. The van der Waals surface area contributed by atoms with Crippen LogP contribution in [0.15, 0.2) is 64.0 Å². The van der Waals surface area contributed by atoms with Crippen molar-refractivity contribution in [1.29, 1.82) is 0 Å². The van der Waals surface area contributed by atoms with Crippen molar-refractivity contribution in [1.82, 2.24) is 0 Å². The molecule has 0 heterocycles. The fourth-order valence-electron chi connectivity index (χ4n) is 2.04. The number of rotatable bonds is 5. The van der Waals surface area contributed by atoms with Crippen LogP contribution in [0.4, 0.5) is 0 Å². The lowest BCUT2D eigenvalue weighted by atomic mass is 10.1. The summed E-state index contributed by atoms with van der Waals surface area (Å²) in [5.41, 5.74) is 0.380. The summed E-state index contributed by atoms with van der Waals surface area (Å²) in [5, 5.41) is -1.37. The summed E-state index contributed by atoms with van der Waals surface area (Å²) < 4.78 is 31.4. The molecule has 2 aromatic carbocycles. The van der Waals surface area contributed by atoms with E-state index in [9.17, 15) is 13.2 Å². The van der Waals surface area contributed by atoms with Gasteiger partial charge in [-0.15, -0.1) is 0 Å². The number of esters is 1. The lowest BCUT2D eigenvalue weighted by Crippen LogP contribution is -2.24. The third kappa shape index (κ3) is 3.56. The van der Waals surface area contributed by atoms with Gasteiger partial charge in [0.25, 0.3) is 0 Å². The van der Waals surface area contributed by atoms with Crippen LogP contribution in [0.1, 0.15) is 17.7 Å². The maximum Gasteiger partial charge on any atom is 0.329 e. The van der Waals surface area contributed by atoms with Crippen LogP contribution in [0.3, 0.4) is 0 Å². The number of hydrogen-bond acceptors (Lipinski definition) is 4. The van der Waals surface area contributed by atoms with Gasteiger partial charge in [-0.1, -0.05) is 46.3 Å². The molecule has 0 saturated heterocycles. The minimum Gasteiger partial charge on any atom is -0.465 e. The minimum atomic E-state index is -3.88. The molecule has 0 radical (unpaired) electrons. The van der Waals surface area contributed by atoms with Gasteiger partial charge < -0.3 is 4.74 Å². The number of ether oxygens (including phenoxy) is 1. The molecule has 0 aromatic heterocycles. The normalized spacial score (nSPS) is 12.6. The molecule has 0 N–H and O–H groups in total. The van der Waals surface area contributed by atoms with E-state index in [-0.39, 0.29) is 11.5 Å². The van der Waals surface area contributed by atoms with Gasteiger partial charge in [0.1, 0.15) is 0 Å². The fourth-order valence-corrected chi connectivity index (χ4v) is 3.95. The summed E-state index contributed by atoms with van der Waals surface area (Å²) >= 11 is 3.29. The molecule has 0 amide bonds. The van der Waals surface area contributed by atoms with Crippen molar-refractivity contribution in [2.24, 2.45) is 0 Å². The van der Waals surface area contributed by atoms with Gasteiger partial charge in [-0.05, 0) is 36.8 Å². The Balaban J connectivity index is 2.54. The predicted octanol–water partition coefficient (Wildman–Crippen LogP) is 3.53. The van der Waals surface area contributed by atoms with Gasteiger partial charge in [-0.2, -0.15) is 0 Å². The van der Waals surface area contributed by atoms with Gasteiger partial charge in [0, 0.05) is 4.47 Å². The van der Waals surface area contributed by atoms with Crippen molar-refractivity contribution in [3.8, 4) is 0 Å². The molecule has 1 atom stereocenters. The third-order valence-corrected chi connectivity index (χ3v) is 5.60. The molecule has 0 aliphatic carbocycles. The maximum absolute atomic E-state index is 12.8. The summed E-state index contributed by atoms with van der Waals surface area (Å²) in [5.74, 6) is -0.770. The highest BCUT2D eigenvalue weighted by molar-refractivity contribution is 9.10. The van der Waals surface area contributed by atoms with Gasteiger partial charge in [0.15, 0.2) is 15.1 Å². The second-order valence-electron chi connectivity index (χ2n) is 4.54. The number of sulfone groups is 1. The Bertz CT molecular complexity index is 739. The highest BCUT2D eigenvalue weighted by Crippen LogP contribution is 2.31. The molecular weight excluding hydrogens is 368 g/mol. The van der Waals surface area contributed by atoms with E-state index in [2.05, 4.69) is 15.9 Å². The average Bonchev–Trinajstić information content (AvgIpc) is 2.50. The largest absolute Gasteiger partial charge is 0.465 e. The van der Waals surface area contributed by atoms with Gasteiger partial charge >= 0.3 is 5.97 Å². The Kier molecular flexibility index (Phi) is 5.37. The van der Waals surface area contributed by atoms with Crippen LogP contribution in [0.2, 0.25) is 0 Å². The number of carbonyl (C=O) groups excluding carboxylic acids is 1. The Hall–Kier alpha value is -1.66. The van der Waals surface area contributed by atoms with Crippen molar-refractivity contribution in [2.45, 2.75) is 17.1 Å². The molecule has 0 aliphatic rings. The Morgan fingerprint density at radius 2 is 1.68 bits per heavy atom. The molecular formula is C16H15BrO4S. The van der Waals surface area contributed by atoms with Crippen molar-refractivity contribution < 1.29 is 17.9 Å². The lowest BCUT2D eigenvalue weighted by Gasteiger charge is -2.17. The number of carbonyl (C=O) groups is 1. The highest BCUT2D eigenvalue weighted by Gasteiger charge is 2.36. The van der Waals surface area contributed by atoms with E-state index in [4.69, 9.17) is 4.74 Å². The first kappa shape index (κ1) is 16.7. The minimum absolute atomic E-state index is 0.0935. The molecule has 0 unspecified atom stereocenters. The first-order valence-corrected chi connectivity index (χ1v) is 9.01. The van der Waals surface area contributed by atoms with Crippen molar-refractivity contribution in [2.75, 3.05) is 6.61 Å². The van der Waals surface area contributed by atoms with E-state index >= 15 is 0 Å². The van der Waals surface area contributed by atoms with Crippen molar-refractivity contribution >= 4 is 31.7 Å². The molecule has 0 spiro atoms. The Morgan fingerprint density at radius 3 is 2.23 bits per heavy atom. The summed E-state index contributed by atoms with van der Waals surface area (Å²) in [6.45, 7) is 1.77. The van der Waals surface area contributed by atoms with Crippen LogP contribution in [-0.4, -0.2) is 21.0 Å². The zero-order chi connectivity index (χ0) is 16.2. The molecule has 22 heavy (non-hydrogen) atoms. The number of benzene rings is 2. The lowest BCUT2D eigenvalue weighted by molar-refractivity contribution is -0.142. The topological polar surface area (TPSA) is 60.4 Å². The second-order valence-corrected chi connectivity index (χ2v) is 7.49. The van der Waals surface area contributed by atoms with Crippen molar-refractivity contribution in [3.05, 3.63) is 64.6 Å². The standard InChI is InChI=1S/C16H15BrO4S/c1-2-21-16(18)15(12-8-10-13(17)11-9-12)22(19,20)14-6-4-3-5-7-14/h3-11,15H,2H2,1H3/t15-/m1/s1. The number of halogens is 1. The summed E-state index contributed by atoms with van der Waals surface area (Å²) in [6.07, 6.45) is 0. The third-order valence-electron chi connectivity index (χ3n) is 3.06. The van der Waals surface area contributed by atoms with Gasteiger partial charge in [-0.25, -0.2) is 8.42 Å². The van der Waals surface area contributed by atoms with E-state index < -0.39 is 21.1 Å². The quantitative estimate of drug-likeness (QED) is 0.742. The Labute approximate surface area is 138 Å². The first-order valence-electron chi connectivity index (χ1n) is 6.68. The van der Waals surface area contributed by atoms with Crippen molar-refractivity contribution in [3.63, 3.8) is 0 Å². The van der Waals surface area contributed by atoms with Crippen LogP contribution in [0, 0.1) is 0 Å². The van der Waals surface area contributed by atoms with Crippen LogP contribution >= 0.6 is 15.9 Å². The van der Waals surface area contributed by atoms with Crippen LogP contribution in [0.25, 0.3) is 0 Å². The average molecular weight is 383 g/mol. The Morgan fingerprint density at radius 1 is 1.09 bits per heavy atom. The van der Waals surface area contributed by atoms with Gasteiger partial charge in [0.2, 0.25) is 0 Å². The molecule has 2 aromatic rings. The van der Waals surface area contributed by atoms with E-state index in [0.29, 0.717) is 5.56 Å². The smallest absolute Gasteiger partial charge is 0.329 e. The summed E-state index contributed by atoms with van der Waals surface area (Å²) in [6, 6.07) is 14.5. The van der Waals surface area contributed by atoms with Gasteiger partial charge in [-0.3, -0.25) is 4.79 Å². The monoisotopic (exact) mass is 382 g/mol. The molecule has 0 aliphatic heterocycles. The highest BCUT2D eigenvalue weighted by atomic mass is 79.9. The first-order chi connectivity index (χ1) is 10.5. The van der Waals surface area contributed by atoms with E-state index in [0.717, 1.165) is 4.47 Å². The summed E-state index contributed by atoms with van der Waals surface area (Å²) in [7, 11) is -3.88. The zero-order valence-electron chi connectivity index (χ0n) is 11.9.